The third-order valence-electron chi connectivity index (χ3n) is 5.90. The number of nitrogens with zero attached hydrogens (tertiary/aromatic N) is 2. The van der Waals surface area contributed by atoms with Crippen LogP contribution >= 0.6 is 7.14 Å². The molecule has 3 nitrogen and oxygen atoms in total. The van der Waals surface area contributed by atoms with E-state index in [1.165, 1.54) is 0 Å². The summed E-state index contributed by atoms with van der Waals surface area (Å²) in [7, 11) is -2.86. The molecule has 0 aliphatic heterocycles. The number of fused-ring (bicyclic) bond motifs is 1. The maximum atomic E-state index is 14.9. The van der Waals surface area contributed by atoms with E-state index in [1.807, 2.05) is 72.8 Å². The smallest absolute Gasteiger partial charge is 0.159 e. The summed E-state index contributed by atoms with van der Waals surface area (Å²) >= 11 is 0. The molecule has 0 aliphatic rings. The minimum absolute atomic E-state index is 0.00230. The van der Waals surface area contributed by atoms with Crippen molar-refractivity contribution in [2.24, 2.45) is 0 Å². The fraction of sp³-hybridized carbons (Fsp3) is 0.259. The fourth-order valence-electron chi connectivity index (χ4n) is 4.26. The second-order valence-corrected chi connectivity index (χ2v) is 11.1. The molecule has 0 radical (unpaired) electrons. The summed E-state index contributed by atoms with van der Waals surface area (Å²) < 4.78 is 14.9. The second kappa shape index (κ2) is 10.0. The summed E-state index contributed by atoms with van der Waals surface area (Å²) in [5.41, 5.74) is 1.71. The maximum absolute atomic E-state index is 14.9. The molecule has 0 spiro atoms. The highest BCUT2D eigenvalue weighted by atomic mass is 31.2. The number of rotatable bonds is 9. The molecule has 0 saturated carbocycles. The topological polar surface area (TPSA) is 42.9 Å². The first-order valence-corrected chi connectivity index (χ1v) is 12.9. The Morgan fingerprint density at radius 1 is 0.806 bits per heavy atom. The Kier molecular flexibility index (Phi) is 6.94. The van der Waals surface area contributed by atoms with E-state index in [2.05, 4.69) is 24.0 Å². The van der Waals surface area contributed by atoms with Gasteiger partial charge in [0, 0.05) is 33.5 Å². The Morgan fingerprint density at radius 3 is 2.13 bits per heavy atom. The molecule has 31 heavy (non-hydrogen) atoms. The van der Waals surface area contributed by atoms with Gasteiger partial charge in [-0.1, -0.05) is 86.8 Å². The van der Waals surface area contributed by atoms with Crippen LogP contribution in [0.3, 0.4) is 0 Å². The second-order valence-electron chi connectivity index (χ2n) is 8.04. The molecule has 0 N–H and O–H groups in total. The standard InChI is InChI=1S/C27H29N2OP/c1-2-3-6-17-26(21-23-19-18-22-12-11-20-28-27(22)29-23)31(30,24-13-7-4-8-14-24)25-15-9-5-10-16-25/h4-5,7-16,18-20,26H,2-3,6,17,21H2,1H3. The van der Waals surface area contributed by atoms with Gasteiger partial charge in [-0.15, -0.1) is 0 Å². The lowest BCUT2D eigenvalue weighted by Gasteiger charge is -2.29. The summed E-state index contributed by atoms with van der Waals surface area (Å²) in [5.74, 6) is 0. The van der Waals surface area contributed by atoms with Crippen molar-refractivity contribution < 1.29 is 4.57 Å². The van der Waals surface area contributed by atoms with Gasteiger partial charge in [0.15, 0.2) is 5.65 Å². The third-order valence-corrected chi connectivity index (χ3v) is 9.50. The SMILES string of the molecule is CCCCCC(Cc1ccc2cccnc2n1)P(=O)(c1ccccc1)c1ccccc1. The molecule has 4 heteroatoms. The van der Waals surface area contributed by atoms with Crippen molar-refractivity contribution in [3.8, 4) is 0 Å². The molecule has 1 atom stereocenters. The van der Waals surface area contributed by atoms with Gasteiger partial charge in [0.2, 0.25) is 0 Å². The molecule has 0 bridgehead atoms. The normalized spacial score (nSPS) is 12.7. The molecule has 1 unspecified atom stereocenters. The van der Waals surface area contributed by atoms with Gasteiger partial charge in [-0.05, 0) is 37.1 Å². The average molecular weight is 429 g/mol. The highest BCUT2D eigenvalue weighted by molar-refractivity contribution is 7.79. The van der Waals surface area contributed by atoms with Gasteiger partial charge in [-0.3, -0.25) is 0 Å². The van der Waals surface area contributed by atoms with Gasteiger partial charge >= 0.3 is 0 Å². The predicted molar refractivity (Wildman–Crippen MR) is 131 cm³/mol. The lowest BCUT2D eigenvalue weighted by Crippen LogP contribution is -2.28. The van der Waals surface area contributed by atoms with Crippen molar-refractivity contribution in [3.05, 3.63) is 96.8 Å². The van der Waals surface area contributed by atoms with E-state index in [-0.39, 0.29) is 5.66 Å². The summed E-state index contributed by atoms with van der Waals surface area (Å²) in [6.45, 7) is 2.21. The van der Waals surface area contributed by atoms with E-state index >= 15 is 0 Å². The van der Waals surface area contributed by atoms with Gasteiger partial charge in [-0.25, -0.2) is 9.97 Å². The van der Waals surface area contributed by atoms with Crippen LogP contribution in [0.5, 0.6) is 0 Å². The summed E-state index contributed by atoms with van der Waals surface area (Å²) in [6, 6.07) is 28.1. The summed E-state index contributed by atoms with van der Waals surface area (Å²) in [4.78, 5) is 9.23. The Morgan fingerprint density at radius 2 is 1.48 bits per heavy atom. The molecular formula is C27H29N2OP. The van der Waals surface area contributed by atoms with Crippen LogP contribution in [0.2, 0.25) is 0 Å². The molecule has 0 saturated heterocycles. The van der Waals surface area contributed by atoms with E-state index in [9.17, 15) is 4.57 Å². The third kappa shape index (κ3) is 4.78. The molecule has 158 valence electrons. The number of hydrogen-bond donors (Lipinski definition) is 0. The lowest BCUT2D eigenvalue weighted by molar-refractivity contribution is 0.559. The molecule has 0 aliphatic carbocycles. The number of aromatic nitrogens is 2. The first-order chi connectivity index (χ1) is 15.2. The van der Waals surface area contributed by atoms with Crippen LogP contribution < -0.4 is 10.6 Å². The Labute approximate surface area is 185 Å². The Balaban J connectivity index is 1.78. The van der Waals surface area contributed by atoms with Crippen molar-refractivity contribution in [2.45, 2.75) is 44.7 Å². The molecule has 2 heterocycles. The van der Waals surface area contributed by atoms with Crippen LogP contribution in [0, 0.1) is 0 Å². The molecule has 0 fully saturated rings. The van der Waals surface area contributed by atoms with Crippen molar-refractivity contribution in [3.63, 3.8) is 0 Å². The number of unbranched alkanes of at least 4 members (excludes halogenated alkanes) is 2. The first kappa shape index (κ1) is 21.5. The molecule has 2 aromatic heterocycles. The predicted octanol–water partition coefficient (Wildman–Crippen LogP) is 6.14. The van der Waals surface area contributed by atoms with Crippen molar-refractivity contribution in [1.29, 1.82) is 0 Å². The fourth-order valence-corrected chi connectivity index (χ4v) is 7.62. The van der Waals surface area contributed by atoms with Gasteiger partial charge in [-0.2, -0.15) is 0 Å². The Hall–Kier alpha value is -2.77. The minimum atomic E-state index is -2.86. The molecule has 2 aromatic carbocycles. The molecule has 4 rings (SSSR count). The van der Waals surface area contributed by atoms with Gasteiger partial charge in [0.25, 0.3) is 0 Å². The van der Waals surface area contributed by atoms with Crippen LogP contribution in [0.1, 0.15) is 38.3 Å². The number of pyridine rings is 2. The largest absolute Gasteiger partial charge is 0.313 e. The van der Waals surface area contributed by atoms with Gasteiger partial charge in [0.1, 0.15) is 7.14 Å². The van der Waals surface area contributed by atoms with Gasteiger partial charge < -0.3 is 4.57 Å². The van der Waals surface area contributed by atoms with Crippen molar-refractivity contribution in [2.75, 3.05) is 0 Å². The van der Waals surface area contributed by atoms with Crippen LogP contribution in [0.25, 0.3) is 11.0 Å². The van der Waals surface area contributed by atoms with E-state index in [0.29, 0.717) is 6.42 Å². The van der Waals surface area contributed by atoms with Crippen LogP contribution in [-0.2, 0) is 11.0 Å². The molecule has 0 amide bonds. The molecule has 4 aromatic rings. The van der Waals surface area contributed by atoms with Crippen LogP contribution in [0.15, 0.2) is 91.1 Å². The molecular weight excluding hydrogens is 399 g/mol. The van der Waals surface area contributed by atoms with Crippen molar-refractivity contribution >= 4 is 28.8 Å². The zero-order valence-electron chi connectivity index (χ0n) is 18.0. The quantitative estimate of drug-likeness (QED) is 0.238. The van der Waals surface area contributed by atoms with Crippen LogP contribution in [0.4, 0.5) is 0 Å². The maximum Gasteiger partial charge on any atom is 0.159 e. The van der Waals surface area contributed by atoms with Crippen LogP contribution in [-0.4, -0.2) is 15.6 Å². The average Bonchev–Trinajstić information content (AvgIpc) is 2.84. The zero-order chi connectivity index (χ0) is 21.5. The highest BCUT2D eigenvalue weighted by Crippen LogP contribution is 2.51. The monoisotopic (exact) mass is 428 g/mol. The number of hydrogen-bond acceptors (Lipinski definition) is 3. The Bertz CT molecular complexity index is 1120. The van der Waals surface area contributed by atoms with Gasteiger partial charge in [0.05, 0.1) is 0 Å². The van der Waals surface area contributed by atoms with E-state index in [4.69, 9.17) is 4.98 Å². The van der Waals surface area contributed by atoms with Crippen molar-refractivity contribution in [1.82, 2.24) is 9.97 Å². The zero-order valence-corrected chi connectivity index (χ0v) is 18.9. The summed E-state index contributed by atoms with van der Waals surface area (Å²) in [5, 5.41) is 2.89. The minimum Gasteiger partial charge on any atom is -0.313 e. The highest BCUT2D eigenvalue weighted by Gasteiger charge is 2.36. The summed E-state index contributed by atoms with van der Waals surface area (Å²) in [6.07, 6.45) is 6.72. The number of benzene rings is 2. The van der Waals surface area contributed by atoms with E-state index in [1.54, 1.807) is 6.20 Å². The lowest BCUT2D eigenvalue weighted by atomic mass is 10.1. The van der Waals surface area contributed by atoms with E-state index in [0.717, 1.165) is 53.0 Å². The first-order valence-electron chi connectivity index (χ1n) is 11.1. The van der Waals surface area contributed by atoms with E-state index < -0.39 is 7.14 Å².